The molecule has 2 atom stereocenters. The van der Waals surface area contributed by atoms with Crippen molar-refractivity contribution in [2.24, 2.45) is 0 Å². The Labute approximate surface area is 132 Å². The van der Waals surface area contributed by atoms with Gasteiger partial charge in [0.2, 0.25) is 0 Å². The molecule has 1 aliphatic rings. The van der Waals surface area contributed by atoms with Crippen molar-refractivity contribution >= 4 is 35.7 Å². The monoisotopic (exact) mass is 336 g/mol. The number of halogens is 2. The molecule has 1 N–H and O–H groups in total. The van der Waals surface area contributed by atoms with Gasteiger partial charge in [0.05, 0.1) is 17.1 Å². The molecular formula is C12H14Cl2N2O5. The minimum atomic E-state index is -0.528. The van der Waals surface area contributed by atoms with Gasteiger partial charge in [0, 0.05) is 25.1 Å². The lowest BCUT2D eigenvalue weighted by molar-refractivity contribution is -0.384. The topological polar surface area (TPSA) is 90.7 Å². The molecule has 0 bridgehead atoms. The normalized spacial score (nSPS) is 20.5. The average Bonchev–Trinajstić information content (AvgIpc) is 2.88. The van der Waals surface area contributed by atoms with Crippen LogP contribution in [0.5, 0.6) is 5.75 Å². The Morgan fingerprint density at radius 1 is 1.52 bits per heavy atom. The largest absolute Gasteiger partial charge is 0.487 e. The lowest BCUT2D eigenvalue weighted by Crippen LogP contribution is -2.31. The number of esters is 1. The van der Waals surface area contributed by atoms with Gasteiger partial charge in [-0.3, -0.25) is 14.9 Å². The summed E-state index contributed by atoms with van der Waals surface area (Å²) in [6.07, 6.45) is 0.220. The maximum atomic E-state index is 11.4. The van der Waals surface area contributed by atoms with Crippen LogP contribution < -0.4 is 10.1 Å². The fourth-order valence-corrected chi connectivity index (χ4v) is 2.21. The Hall–Kier alpha value is -1.57. The lowest BCUT2D eigenvalue weighted by Gasteiger charge is -2.13. The third kappa shape index (κ3) is 4.20. The zero-order valence-electron chi connectivity index (χ0n) is 11.1. The fourth-order valence-electron chi connectivity index (χ4n) is 1.99. The maximum Gasteiger partial charge on any atom is 0.323 e. The van der Waals surface area contributed by atoms with Crippen molar-refractivity contribution in [2.75, 3.05) is 13.7 Å². The number of carbonyl (C=O) groups excluding carboxylic acids is 1. The minimum absolute atomic E-state index is 0. The summed E-state index contributed by atoms with van der Waals surface area (Å²) in [5, 5.41) is 13.7. The second-order valence-corrected chi connectivity index (χ2v) is 4.74. The van der Waals surface area contributed by atoms with E-state index in [0.29, 0.717) is 18.7 Å². The van der Waals surface area contributed by atoms with Crippen LogP contribution in [0.2, 0.25) is 5.02 Å². The average molecular weight is 337 g/mol. The van der Waals surface area contributed by atoms with E-state index < -0.39 is 11.0 Å². The highest BCUT2D eigenvalue weighted by atomic mass is 35.5. The van der Waals surface area contributed by atoms with Crippen molar-refractivity contribution in [3.63, 3.8) is 0 Å². The Morgan fingerprint density at radius 3 is 2.81 bits per heavy atom. The number of ether oxygens (including phenoxy) is 2. The van der Waals surface area contributed by atoms with Crippen molar-refractivity contribution in [3.05, 3.63) is 33.3 Å². The predicted molar refractivity (Wildman–Crippen MR) is 78.2 cm³/mol. The molecule has 116 valence electrons. The smallest absolute Gasteiger partial charge is 0.323 e. The van der Waals surface area contributed by atoms with Crippen LogP contribution in [0.25, 0.3) is 0 Å². The van der Waals surface area contributed by atoms with Gasteiger partial charge in [-0.2, -0.15) is 0 Å². The highest BCUT2D eigenvalue weighted by Crippen LogP contribution is 2.30. The summed E-state index contributed by atoms with van der Waals surface area (Å²) in [4.78, 5) is 21.4. The predicted octanol–water partition coefficient (Wildman–Crippen LogP) is 1.95. The summed E-state index contributed by atoms with van der Waals surface area (Å²) >= 11 is 5.94. The van der Waals surface area contributed by atoms with Crippen molar-refractivity contribution in [1.82, 2.24) is 5.32 Å². The van der Waals surface area contributed by atoms with Crippen LogP contribution in [0.4, 0.5) is 5.69 Å². The van der Waals surface area contributed by atoms with Crippen LogP contribution in [-0.4, -0.2) is 36.7 Å². The molecule has 1 aromatic rings. The van der Waals surface area contributed by atoms with Gasteiger partial charge in [0.25, 0.3) is 5.69 Å². The molecule has 1 saturated heterocycles. The first-order valence-corrected chi connectivity index (χ1v) is 6.31. The van der Waals surface area contributed by atoms with Gasteiger partial charge in [0.1, 0.15) is 17.9 Å². The molecule has 0 amide bonds. The summed E-state index contributed by atoms with van der Waals surface area (Å²) in [6, 6.07) is 3.60. The number of nitro benzene ring substituents is 1. The van der Waals surface area contributed by atoms with E-state index in [-0.39, 0.29) is 35.2 Å². The van der Waals surface area contributed by atoms with Gasteiger partial charge >= 0.3 is 5.97 Å². The Balaban J connectivity index is 0.00000220. The van der Waals surface area contributed by atoms with Crippen LogP contribution in [-0.2, 0) is 9.53 Å². The Bertz CT molecular complexity index is 540. The van der Waals surface area contributed by atoms with Gasteiger partial charge < -0.3 is 14.8 Å². The van der Waals surface area contributed by atoms with Gasteiger partial charge in [-0.15, -0.1) is 12.4 Å². The summed E-state index contributed by atoms with van der Waals surface area (Å²) < 4.78 is 10.3. The number of rotatable bonds is 4. The summed E-state index contributed by atoms with van der Waals surface area (Å²) in [5.41, 5.74) is -0.0978. The number of nitrogens with one attached hydrogen (secondary N) is 1. The number of methoxy groups -OCH3 is 1. The van der Waals surface area contributed by atoms with Crippen LogP contribution >= 0.6 is 24.0 Å². The second kappa shape index (κ2) is 7.44. The minimum Gasteiger partial charge on any atom is -0.487 e. The van der Waals surface area contributed by atoms with E-state index in [2.05, 4.69) is 10.1 Å². The summed E-state index contributed by atoms with van der Waals surface area (Å²) in [6.45, 7) is 0.479. The Kier molecular flexibility index (Phi) is 6.19. The molecule has 1 aliphatic heterocycles. The number of hydrogen-bond donors (Lipinski definition) is 1. The summed E-state index contributed by atoms with van der Waals surface area (Å²) in [5.74, 6) is 0.0143. The molecule has 1 fully saturated rings. The molecule has 21 heavy (non-hydrogen) atoms. The SMILES string of the molecule is COC(=O)[C@@H]1C[C@H](Oc2ccc([N+](=O)[O-])cc2Cl)CN1.Cl. The second-order valence-electron chi connectivity index (χ2n) is 4.33. The molecule has 0 saturated carbocycles. The number of non-ortho nitro benzene ring substituents is 1. The molecule has 9 heteroatoms. The van der Waals surface area contributed by atoms with Crippen molar-refractivity contribution < 1.29 is 19.2 Å². The molecule has 2 rings (SSSR count). The number of hydrogen-bond acceptors (Lipinski definition) is 6. The molecule has 1 heterocycles. The van der Waals surface area contributed by atoms with Gasteiger partial charge in [-0.05, 0) is 6.07 Å². The Morgan fingerprint density at radius 2 is 2.24 bits per heavy atom. The molecular weight excluding hydrogens is 323 g/mol. The van der Waals surface area contributed by atoms with E-state index in [9.17, 15) is 14.9 Å². The quantitative estimate of drug-likeness (QED) is 0.513. The van der Waals surface area contributed by atoms with Crippen LogP contribution in [0.3, 0.4) is 0 Å². The van der Waals surface area contributed by atoms with E-state index in [4.69, 9.17) is 16.3 Å². The van der Waals surface area contributed by atoms with Crippen LogP contribution in [0.1, 0.15) is 6.42 Å². The maximum absolute atomic E-state index is 11.4. The molecule has 1 aromatic carbocycles. The van der Waals surface area contributed by atoms with E-state index in [1.807, 2.05) is 0 Å². The molecule has 0 spiro atoms. The molecule has 0 aliphatic carbocycles. The highest BCUT2D eigenvalue weighted by molar-refractivity contribution is 6.32. The van der Waals surface area contributed by atoms with Gasteiger partial charge in [-0.1, -0.05) is 11.6 Å². The number of carbonyl (C=O) groups is 1. The van der Waals surface area contributed by atoms with E-state index in [0.717, 1.165) is 0 Å². The first kappa shape index (κ1) is 17.5. The zero-order valence-corrected chi connectivity index (χ0v) is 12.6. The van der Waals surface area contributed by atoms with Crippen molar-refractivity contribution in [3.8, 4) is 5.75 Å². The van der Waals surface area contributed by atoms with E-state index in [1.165, 1.54) is 25.3 Å². The van der Waals surface area contributed by atoms with Crippen molar-refractivity contribution in [2.45, 2.75) is 18.6 Å². The zero-order chi connectivity index (χ0) is 14.7. The number of nitrogens with zero attached hydrogens (tertiary/aromatic N) is 1. The first-order valence-electron chi connectivity index (χ1n) is 5.93. The van der Waals surface area contributed by atoms with Crippen LogP contribution in [0, 0.1) is 10.1 Å². The van der Waals surface area contributed by atoms with Crippen molar-refractivity contribution in [1.29, 1.82) is 0 Å². The first-order chi connectivity index (χ1) is 9.51. The van der Waals surface area contributed by atoms with E-state index in [1.54, 1.807) is 0 Å². The highest BCUT2D eigenvalue weighted by Gasteiger charge is 2.31. The lowest BCUT2D eigenvalue weighted by atomic mass is 10.2. The third-order valence-electron chi connectivity index (χ3n) is 3.00. The van der Waals surface area contributed by atoms with E-state index >= 15 is 0 Å². The molecule has 7 nitrogen and oxygen atoms in total. The summed E-state index contributed by atoms with van der Waals surface area (Å²) in [7, 11) is 1.32. The molecule has 0 aromatic heterocycles. The number of benzene rings is 1. The third-order valence-corrected chi connectivity index (χ3v) is 3.29. The fraction of sp³-hybridized carbons (Fsp3) is 0.417. The van der Waals surface area contributed by atoms with Gasteiger partial charge in [-0.25, -0.2) is 0 Å². The standard InChI is InChI=1S/C12H13ClN2O5.ClH/c1-19-12(16)10-5-8(6-14-10)20-11-3-2-7(15(17)18)4-9(11)13;/h2-4,8,10,14H,5-6H2,1H3;1H/t8-,10-;/m0./s1. The number of nitro groups is 1. The van der Waals surface area contributed by atoms with Crippen LogP contribution in [0.15, 0.2) is 18.2 Å². The molecule has 0 unspecified atom stereocenters. The van der Waals surface area contributed by atoms with Gasteiger partial charge in [0.15, 0.2) is 0 Å². The molecule has 0 radical (unpaired) electrons.